The van der Waals surface area contributed by atoms with Crippen LogP contribution in [0.3, 0.4) is 0 Å². The summed E-state index contributed by atoms with van der Waals surface area (Å²) in [5.74, 6) is -0.0306. The van der Waals surface area contributed by atoms with Gasteiger partial charge in [0.05, 0.1) is 18.4 Å². The van der Waals surface area contributed by atoms with Crippen LogP contribution in [0, 0.1) is 0 Å². The lowest BCUT2D eigenvalue weighted by Gasteiger charge is -2.08. The Hall–Kier alpha value is -3.48. The van der Waals surface area contributed by atoms with Crippen molar-refractivity contribution in [1.29, 1.82) is 0 Å². The van der Waals surface area contributed by atoms with E-state index < -0.39 is 0 Å². The molecule has 0 aliphatic rings. The average Bonchev–Trinajstić information content (AvgIpc) is 3.03. The fraction of sp³-hybridized carbons (Fsp3) is 0.200. The third kappa shape index (κ3) is 3.44. The third-order valence-corrected chi connectivity index (χ3v) is 4.56. The Morgan fingerprint density at radius 2 is 1.96 bits per heavy atom. The molecule has 0 fully saturated rings. The molecule has 0 unspecified atom stereocenters. The van der Waals surface area contributed by atoms with E-state index in [4.69, 9.17) is 0 Å². The van der Waals surface area contributed by atoms with Crippen LogP contribution >= 0.6 is 0 Å². The number of amides is 1. The van der Waals surface area contributed by atoms with Gasteiger partial charge >= 0.3 is 0 Å². The summed E-state index contributed by atoms with van der Waals surface area (Å²) in [6.45, 7) is 0.995. The Morgan fingerprint density at radius 1 is 1.11 bits per heavy atom. The number of para-hydroxylation sites is 1. The van der Waals surface area contributed by atoms with E-state index in [-0.39, 0.29) is 11.5 Å². The van der Waals surface area contributed by atoms with Crippen molar-refractivity contribution in [3.05, 3.63) is 70.9 Å². The van der Waals surface area contributed by atoms with Crippen LogP contribution < -0.4 is 10.9 Å². The van der Waals surface area contributed by atoms with Crippen LogP contribution in [0.15, 0.2) is 59.7 Å². The van der Waals surface area contributed by atoms with Gasteiger partial charge in [0.1, 0.15) is 5.52 Å². The number of nitrogens with zero attached hydrogens (tertiary/aromatic N) is 3. The molecule has 136 valence electrons. The number of rotatable bonds is 6. The molecule has 0 saturated heterocycles. The summed E-state index contributed by atoms with van der Waals surface area (Å²) in [5, 5.41) is 11.1. The smallest absolute Gasteiger partial charge is 0.288 e. The second kappa shape index (κ2) is 7.41. The topological polar surface area (TPSA) is 92.7 Å². The Balaban J connectivity index is 1.47. The molecule has 4 rings (SSSR count). The number of carbonyl (C=O) groups excluding carboxylic acids is 1. The van der Waals surface area contributed by atoms with Gasteiger partial charge in [-0.1, -0.05) is 24.3 Å². The highest BCUT2D eigenvalue weighted by atomic mass is 16.1. The van der Waals surface area contributed by atoms with Gasteiger partial charge in [-0.3, -0.25) is 14.6 Å². The lowest BCUT2D eigenvalue weighted by Crippen LogP contribution is -2.23. The lowest BCUT2D eigenvalue weighted by atomic mass is 10.2. The summed E-state index contributed by atoms with van der Waals surface area (Å²) in [6.07, 6.45) is 4.39. The molecule has 0 aliphatic carbocycles. The summed E-state index contributed by atoms with van der Waals surface area (Å²) < 4.78 is 1.97. The normalized spacial score (nSPS) is 11.1. The molecule has 2 N–H and O–H groups in total. The van der Waals surface area contributed by atoms with Crippen molar-refractivity contribution in [2.24, 2.45) is 0 Å². The van der Waals surface area contributed by atoms with E-state index in [1.165, 1.54) is 0 Å². The van der Waals surface area contributed by atoms with E-state index in [9.17, 15) is 9.59 Å². The van der Waals surface area contributed by atoms with E-state index in [1.54, 1.807) is 12.4 Å². The van der Waals surface area contributed by atoms with Gasteiger partial charge in [0, 0.05) is 35.5 Å². The molecule has 3 heterocycles. The van der Waals surface area contributed by atoms with Crippen molar-refractivity contribution in [1.82, 2.24) is 25.1 Å². The molecule has 1 aromatic carbocycles. The molecule has 0 aliphatic heterocycles. The zero-order chi connectivity index (χ0) is 18.6. The number of hydrogen-bond acceptors (Lipinski definition) is 4. The molecule has 7 nitrogen and oxygen atoms in total. The monoisotopic (exact) mass is 361 g/mol. The molecule has 0 radical (unpaired) electrons. The van der Waals surface area contributed by atoms with Crippen LogP contribution in [0.5, 0.6) is 0 Å². The number of aromatic amines is 1. The van der Waals surface area contributed by atoms with Gasteiger partial charge in [0.25, 0.3) is 5.56 Å². The van der Waals surface area contributed by atoms with Crippen molar-refractivity contribution in [2.75, 3.05) is 0 Å². The molecule has 27 heavy (non-hydrogen) atoms. The van der Waals surface area contributed by atoms with Gasteiger partial charge in [0.2, 0.25) is 5.91 Å². The highest BCUT2D eigenvalue weighted by Gasteiger charge is 2.13. The van der Waals surface area contributed by atoms with Crippen molar-refractivity contribution in [2.45, 2.75) is 25.9 Å². The Morgan fingerprint density at radius 3 is 2.81 bits per heavy atom. The Labute approximate surface area is 155 Å². The average molecular weight is 361 g/mol. The number of benzene rings is 1. The maximum Gasteiger partial charge on any atom is 0.288 e. The second-order valence-corrected chi connectivity index (χ2v) is 6.33. The van der Waals surface area contributed by atoms with Crippen LogP contribution in [0.25, 0.3) is 21.8 Å². The van der Waals surface area contributed by atoms with Crippen LogP contribution in [-0.4, -0.2) is 25.7 Å². The number of aryl methyl sites for hydroxylation is 1. The summed E-state index contributed by atoms with van der Waals surface area (Å²) in [5.41, 5.74) is 2.18. The number of hydrogen-bond donors (Lipinski definition) is 2. The molecule has 1 amide bonds. The van der Waals surface area contributed by atoms with Gasteiger partial charge < -0.3 is 9.88 Å². The first-order valence-corrected chi connectivity index (χ1v) is 8.85. The standard InChI is InChI=1S/C20H19N5O2/c26-18(22-12-14-6-3-4-10-21-14)9-5-11-25-17-8-2-1-7-15(17)16-13-23-24-20(27)19(16)25/h1-4,6-8,10,13H,5,9,11-12H2,(H,22,26)(H,24,27). The predicted molar refractivity (Wildman–Crippen MR) is 103 cm³/mol. The Bertz CT molecular complexity index is 1150. The Kier molecular flexibility index (Phi) is 4.65. The van der Waals surface area contributed by atoms with Gasteiger partial charge in [-0.15, -0.1) is 0 Å². The zero-order valence-electron chi connectivity index (χ0n) is 14.7. The maximum atomic E-state index is 12.3. The van der Waals surface area contributed by atoms with E-state index in [0.29, 0.717) is 31.4 Å². The number of carbonyl (C=O) groups is 1. The molecular formula is C20H19N5O2. The van der Waals surface area contributed by atoms with E-state index in [0.717, 1.165) is 22.0 Å². The molecule has 0 spiro atoms. The quantitative estimate of drug-likeness (QED) is 0.551. The van der Waals surface area contributed by atoms with Crippen molar-refractivity contribution in [3.8, 4) is 0 Å². The fourth-order valence-electron chi connectivity index (χ4n) is 3.32. The van der Waals surface area contributed by atoms with Crippen LogP contribution in [0.4, 0.5) is 0 Å². The SMILES string of the molecule is O=C(CCCn1c2ccccc2c2cn[nH]c(=O)c21)NCc1ccccn1. The highest BCUT2D eigenvalue weighted by Crippen LogP contribution is 2.26. The number of pyridine rings is 1. The van der Waals surface area contributed by atoms with E-state index in [2.05, 4.69) is 20.5 Å². The number of fused-ring (bicyclic) bond motifs is 3. The zero-order valence-corrected chi connectivity index (χ0v) is 14.7. The predicted octanol–water partition coefficient (Wildman–Crippen LogP) is 2.37. The van der Waals surface area contributed by atoms with Gasteiger partial charge in [-0.05, 0) is 24.6 Å². The summed E-state index contributed by atoms with van der Waals surface area (Å²) >= 11 is 0. The largest absolute Gasteiger partial charge is 0.350 e. The summed E-state index contributed by atoms with van der Waals surface area (Å²) in [7, 11) is 0. The maximum absolute atomic E-state index is 12.3. The lowest BCUT2D eigenvalue weighted by molar-refractivity contribution is -0.121. The van der Waals surface area contributed by atoms with Gasteiger partial charge in [-0.25, -0.2) is 5.10 Å². The molecule has 0 saturated carbocycles. The van der Waals surface area contributed by atoms with Gasteiger partial charge in [0.15, 0.2) is 0 Å². The van der Waals surface area contributed by atoms with Crippen molar-refractivity contribution < 1.29 is 4.79 Å². The minimum atomic E-state index is -0.219. The first-order valence-electron chi connectivity index (χ1n) is 8.85. The minimum Gasteiger partial charge on any atom is -0.350 e. The summed E-state index contributed by atoms with van der Waals surface area (Å²) in [6, 6.07) is 13.5. The molecule has 3 aromatic heterocycles. The molecule has 7 heteroatoms. The number of nitrogens with one attached hydrogen (secondary N) is 2. The highest BCUT2D eigenvalue weighted by molar-refractivity contribution is 6.07. The molecule has 0 atom stereocenters. The van der Waals surface area contributed by atoms with E-state index >= 15 is 0 Å². The third-order valence-electron chi connectivity index (χ3n) is 4.56. The van der Waals surface area contributed by atoms with Crippen LogP contribution in [0.2, 0.25) is 0 Å². The molecule has 4 aromatic rings. The first kappa shape index (κ1) is 17.0. The summed E-state index contributed by atoms with van der Waals surface area (Å²) in [4.78, 5) is 28.6. The first-order chi connectivity index (χ1) is 13.2. The van der Waals surface area contributed by atoms with Crippen LogP contribution in [0.1, 0.15) is 18.5 Å². The number of aromatic nitrogens is 4. The second-order valence-electron chi connectivity index (χ2n) is 6.33. The van der Waals surface area contributed by atoms with Crippen LogP contribution in [-0.2, 0) is 17.9 Å². The molecule has 0 bridgehead atoms. The number of H-pyrrole nitrogens is 1. The van der Waals surface area contributed by atoms with E-state index in [1.807, 2.05) is 47.0 Å². The fourth-order valence-corrected chi connectivity index (χ4v) is 3.32. The minimum absolute atomic E-state index is 0.0306. The van der Waals surface area contributed by atoms with Crippen molar-refractivity contribution >= 4 is 27.7 Å². The van der Waals surface area contributed by atoms with Gasteiger partial charge in [-0.2, -0.15) is 5.10 Å². The van der Waals surface area contributed by atoms with Crippen molar-refractivity contribution in [3.63, 3.8) is 0 Å². The molecular weight excluding hydrogens is 342 g/mol.